The summed E-state index contributed by atoms with van der Waals surface area (Å²) in [5.74, 6) is 0.298. The number of amides is 2. The van der Waals surface area contributed by atoms with Crippen LogP contribution in [0.1, 0.15) is 50.2 Å². The van der Waals surface area contributed by atoms with Gasteiger partial charge in [0.05, 0.1) is 11.3 Å². The van der Waals surface area contributed by atoms with Crippen LogP contribution < -0.4 is 4.74 Å². The molecule has 1 atom stereocenters. The van der Waals surface area contributed by atoms with E-state index in [0.29, 0.717) is 34.8 Å². The molecule has 0 spiro atoms. The van der Waals surface area contributed by atoms with Crippen molar-refractivity contribution in [1.29, 1.82) is 0 Å². The summed E-state index contributed by atoms with van der Waals surface area (Å²) in [6.45, 7) is 1.81. The van der Waals surface area contributed by atoms with Gasteiger partial charge in [-0.2, -0.15) is 0 Å². The zero-order valence-electron chi connectivity index (χ0n) is 18.0. The summed E-state index contributed by atoms with van der Waals surface area (Å²) >= 11 is 0. The van der Waals surface area contributed by atoms with Gasteiger partial charge in [0, 0.05) is 40.0 Å². The Hall–Kier alpha value is -3.35. The second kappa shape index (κ2) is 7.48. The summed E-state index contributed by atoms with van der Waals surface area (Å²) < 4.78 is 8.14. The minimum atomic E-state index is -0.168. The third-order valence-corrected chi connectivity index (χ3v) is 5.48. The molecule has 0 saturated heterocycles. The largest absolute Gasteiger partial charge is 0.481 e. The SMILES string of the molecule is Cc1nc2c3c(c(C(=O)N(C)C)cn2c1C(=O)N(C)C)CCC(c1ccccc1)O3. The molecule has 3 aromatic rings. The summed E-state index contributed by atoms with van der Waals surface area (Å²) in [7, 11) is 6.85. The number of hydrogen-bond donors (Lipinski definition) is 0. The lowest BCUT2D eigenvalue weighted by atomic mass is 9.95. The highest BCUT2D eigenvalue weighted by atomic mass is 16.5. The van der Waals surface area contributed by atoms with Crippen LogP contribution >= 0.6 is 0 Å². The van der Waals surface area contributed by atoms with E-state index in [1.807, 2.05) is 30.3 Å². The van der Waals surface area contributed by atoms with Crippen molar-refractivity contribution in [3.63, 3.8) is 0 Å². The van der Waals surface area contributed by atoms with Crippen LogP contribution in [0.15, 0.2) is 36.5 Å². The Balaban J connectivity index is 1.95. The van der Waals surface area contributed by atoms with Crippen LogP contribution in [0, 0.1) is 6.92 Å². The molecule has 156 valence electrons. The molecule has 4 rings (SSSR count). The Morgan fingerprint density at radius 2 is 1.73 bits per heavy atom. The Bertz CT molecular complexity index is 1130. The summed E-state index contributed by atoms with van der Waals surface area (Å²) in [4.78, 5) is 33.5. The van der Waals surface area contributed by atoms with E-state index < -0.39 is 0 Å². The first-order valence-corrected chi connectivity index (χ1v) is 9.99. The Kier molecular flexibility index (Phi) is 4.97. The molecule has 1 aliphatic heterocycles. The second-order valence-electron chi connectivity index (χ2n) is 8.04. The average molecular weight is 406 g/mol. The lowest BCUT2D eigenvalue weighted by Gasteiger charge is -2.28. The quantitative estimate of drug-likeness (QED) is 0.670. The molecule has 0 fully saturated rings. The number of imidazole rings is 1. The summed E-state index contributed by atoms with van der Waals surface area (Å²) in [6.07, 6.45) is 3.07. The van der Waals surface area contributed by atoms with E-state index in [4.69, 9.17) is 4.74 Å². The van der Waals surface area contributed by atoms with Crippen molar-refractivity contribution >= 4 is 17.5 Å². The van der Waals surface area contributed by atoms with Gasteiger partial charge in [-0.3, -0.25) is 14.0 Å². The van der Waals surface area contributed by atoms with Gasteiger partial charge in [0.2, 0.25) is 0 Å². The van der Waals surface area contributed by atoms with E-state index >= 15 is 0 Å². The lowest BCUT2D eigenvalue weighted by molar-refractivity contribution is 0.0809. The van der Waals surface area contributed by atoms with Gasteiger partial charge in [-0.25, -0.2) is 4.98 Å². The van der Waals surface area contributed by atoms with Crippen molar-refractivity contribution in [1.82, 2.24) is 19.2 Å². The molecule has 1 aliphatic rings. The van der Waals surface area contributed by atoms with Crippen LogP contribution in [-0.4, -0.2) is 59.2 Å². The van der Waals surface area contributed by atoms with Crippen LogP contribution in [0.25, 0.3) is 5.65 Å². The monoisotopic (exact) mass is 406 g/mol. The molecule has 2 amide bonds. The Morgan fingerprint density at radius 1 is 1.07 bits per heavy atom. The topological polar surface area (TPSA) is 67.2 Å². The molecule has 1 aromatic carbocycles. The molecule has 0 radical (unpaired) electrons. The zero-order valence-corrected chi connectivity index (χ0v) is 18.0. The van der Waals surface area contributed by atoms with Crippen LogP contribution in [0.5, 0.6) is 5.75 Å². The predicted molar refractivity (Wildman–Crippen MR) is 114 cm³/mol. The third-order valence-electron chi connectivity index (χ3n) is 5.48. The number of fused-ring (bicyclic) bond motifs is 3. The van der Waals surface area contributed by atoms with Crippen molar-refractivity contribution < 1.29 is 14.3 Å². The molecular weight excluding hydrogens is 380 g/mol. The lowest BCUT2D eigenvalue weighted by Crippen LogP contribution is -2.27. The number of carbonyl (C=O) groups excluding carboxylic acids is 2. The standard InChI is InChI=1S/C23H26N4O3/c1-14-19(23(29)26(4)5)27-13-17(22(28)25(2)3)16-11-12-18(15-9-7-6-8-10-15)30-20(16)21(27)24-14/h6-10,13,18H,11-12H2,1-5H3. The predicted octanol–water partition coefficient (Wildman–Crippen LogP) is 3.11. The fourth-order valence-electron chi connectivity index (χ4n) is 3.94. The number of benzene rings is 1. The van der Waals surface area contributed by atoms with Gasteiger partial charge >= 0.3 is 0 Å². The van der Waals surface area contributed by atoms with Crippen molar-refractivity contribution in [2.24, 2.45) is 0 Å². The van der Waals surface area contributed by atoms with E-state index in [2.05, 4.69) is 4.98 Å². The summed E-state index contributed by atoms with van der Waals surface area (Å²) in [5, 5.41) is 0. The molecule has 0 bridgehead atoms. The molecule has 1 unspecified atom stereocenters. The summed E-state index contributed by atoms with van der Waals surface area (Å²) in [6, 6.07) is 10.0. The number of aryl methyl sites for hydroxylation is 1. The van der Waals surface area contributed by atoms with E-state index in [9.17, 15) is 9.59 Å². The maximum Gasteiger partial charge on any atom is 0.272 e. The highest BCUT2D eigenvalue weighted by molar-refractivity contribution is 5.99. The van der Waals surface area contributed by atoms with Gasteiger partial charge in [-0.05, 0) is 25.3 Å². The Labute approximate surface area is 175 Å². The minimum Gasteiger partial charge on any atom is -0.481 e. The molecule has 7 heteroatoms. The smallest absolute Gasteiger partial charge is 0.272 e. The van der Waals surface area contributed by atoms with E-state index in [1.165, 1.54) is 4.90 Å². The second-order valence-corrected chi connectivity index (χ2v) is 8.04. The van der Waals surface area contributed by atoms with Gasteiger partial charge in [0.25, 0.3) is 11.8 Å². The first-order chi connectivity index (χ1) is 14.3. The Morgan fingerprint density at radius 3 is 2.37 bits per heavy atom. The molecule has 3 heterocycles. The minimum absolute atomic E-state index is 0.121. The van der Waals surface area contributed by atoms with Crippen LogP contribution in [0.4, 0.5) is 0 Å². The number of pyridine rings is 1. The fraction of sp³-hybridized carbons (Fsp3) is 0.348. The normalized spacial score (nSPS) is 15.4. The first-order valence-electron chi connectivity index (χ1n) is 9.99. The molecule has 2 aromatic heterocycles. The number of hydrogen-bond acceptors (Lipinski definition) is 4. The van der Waals surface area contributed by atoms with E-state index in [1.54, 1.807) is 50.6 Å². The van der Waals surface area contributed by atoms with Crippen molar-refractivity contribution in [3.8, 4) is 5.75 Å². The van der Waals surface area contributed by atoms with Crippen molar-refractivity contribution in [3.05, 3.63) is 64.6 Å². The number of carbonyl (C=O) groups is 2. The molecular formula is C23H26N4O3. The van der Waals surface area contributed by atoms with Gasteiger partial charge in [0.1, 0.15) is 11.8 Å². The van der Waals surface area contributed by atoms with Gasteiger partial charge in [-0.1, -0.05) is 30.3 Å². The average Bonchev–Trinajstić information content (AvgIpc) is 3.08. The van der Waals surface area contributed by atoms with Crippen LogP contribution in [0.2, 0.25) is 0 Å². The summed E-state index contributed by atoms with van der Waals surface area (Å²) in [5.41, 5.74) is 4.09. The third kappa shape index (κ3) is 3.20. The van der Waals surface area contributed by atoms with Gasteiger partial charge in [-0.15, -0.1) is 0 Å². The highest BCUT2D eigenvalue weighted by Gasteiger charge is 2.31. The number of nitrogens with zero attached hydrogens (tertiary/aromatic N) is 4. The molecule has 7 nitrogen and oxygen atoms in total. The molecule has 0 aliphatic carbocycles. The number of ether oxygens (including phenoxy) is 1. The van der Waals surface area contributed by atoms with Crippen LogP contribution in [0.3, 0.4) is 0 Å². The molecule has 0 N–H and O–H groups in total. The van der Waals surface area contributed by atoms with Crippen molar-refractivity contribution in [2.45, 2.75) is 25.9 Å². The number of rotatable bonds is 3. The van der Waals surface area contributed by atoms with Gasteiger partial charge < -0.3 is 14.5 Å². The number of aromatic nitrogens is 2. The first kappa shape index (κ1) is 19.9. The van der Waals surface area contributed by atoms with E-state index in [-0.39, 0.29) is 17.9 Å². The molecule has 30 heavy (non-hydrogen) atoms. The van der Waals surface area contributed by atoms with Crippen molar-refractivity contribution in [2.75, 3.05) is 28.2 Å². The fourth-order valence-corrected chi connectivity index (χ4v) is 3.94. The molecule has 0 saturated carbocycles. The van der Waals surface area contributed by atoms with Crippen LogP contribution in [-0.2, 0) is 6.42 Å². The highest BCUT2D eigenvalue weighted by Crippen LogP contribution is 2.40. The van der Waals surface area contributed by atoms with E-state index in [0.717, 1.165) is 17.5 Å². The van der Waals surface area contributed by atoms with Gasteiger partial charge in [0.15, 0.2) is 11.4 Å². The zero-order chi connectivity index (χ0) is 21.6. The maximum atomic E-state index is 13.0. The maximum absolute atomic E-state index is 13.0.